The molecule has 1 amide bonds. The Balaban J connectivity index is 1.45. The first kappa shape index (κ1) is 24.9. The van der Waals surface area contributed by atoms with E-state index in [9.17, 15) is 23.9 Å². The molecule has 0 radical (unpaired) electrons. The Morgan fingerprint density at radius 2 is 1.78 bits per heavy atom. The molecule has 1 unspecified atom stereocenters. The van der Waals surface area contributed by atoms with Gasteiger partial charge >= 0.3 is 0 Å². The van der Waals surface area contributed by atoms with E-state index >= 15 is 0 Å². The number of benzene rings is 3. The lowest BCUT2D eigenvalue weighted by Crippen LogP contribution is -2.37. The summed E-state index contributed by atoms with van der Waals surface area (Å²) in [6.45, 7) is 1.19. The highest BCUT2D eigenvalue weighted by Crippen LogP contribution is 2.27. The highest BCUT2D eigenvalue weighted by atomic mass is 19.1. The Kier molecular flexibility index (Phi) is 7.60. The van der Waals surface area contributed by atoms with Crippen molar-refractivity contribution in [2.45, 2.75) is 12.5 Å². The van der Waals surface area contributed by atoms with Gasteiger partial charge in [0.25, 0.3) is 5.91 Å². The third-order valence-corrected chi connectivity index (χ3v) is 5.97. The number of phenolic OH excluding ortho intramolecular Hbond substituents is 1. The van der Waals surface area contributed by atoms with Crippen LogP contribution in [0.15, 0.2) is 60.7 Å². The first-order chi connectivity index (χ1) is 17.4. The topological polar surface area (TPSA) is 105 Å². The van der Waals surface area contributed by atoms with E-state index in [-0.39, 0.29) is 46.9 Å². The SMILES string of the molecule is COCOc1ccc(C=O)c(F)c1C(=O)c1ccc(C(=O)NC2CCN(c3ccc(O)cc3)C2)cc1. The van der Waals surface area contributed by atoms with Gasteiger partial charge in [0.05, 0.1) is 5.56 Å². The third-order valence-electron chi connectivity index (χ3n) is 5.97. The Morgan fingerprint density at radius 3 is 2.44 bits per heavy atom. The molecular formula is C27H25FN2O6. The molecule has 8 nitrogen and oxygen atoms in total. The molecule has 1 atom stereocenters. The van der Waals surface area contributed by atoms with Gasteiger partial charge in [-0.3, -0.25) is 14.4 Å². The second-order valence-electron chi connectivity index (χ2n) is 8.34. The number of aromatic hydroxyl groups is 1. The molecule has 1 aliphatic rings. The van der Waals surface area contributed by atoms with Crippen LogP contribution in [0.25, 0.3) is 0 Å². The monoisotopic (exact) mass is 492 g/mol. The Labute approximate surface area is 207 Å². The Hall–Kier alpha value is -4.24. The van der Waals surface area contributed by atoms with Crippen LogP contribution in [0.4, 0.5) is 10.1 Å². The minimum Gasteiger partial charge on any atom is -0.508 e. The number of carbonyl (C=O) groups excluding carboxylic acids is 3. The lowest BCUT2D eigenvalue weighted by atomic mass is 9.98. The summed E-state index contributed by atoms with van der Waals surface area (Å²) in [6, 6.07) is 15.3. The van der Waals surface area contributed by atoms with E-state index in [0.29, 0.717) is 18.4 Å². The first-order valence-electron chi connectivity index (χ1n) is 11.3. The maximum absolute atomic E-state index is 14.9. The van der Waals surface area contributed by atoms with Gasteiger partial charge in [0.2, 0.25) is 0 Å². The lowest BCUT2D eigenvalue weighted by molar-refractivity contribution is 0.0500. The van der Waals surface area contributed by atoms with Crippen LogP contribution in [0, 0.1) is 5.82 Å². The van der Waals surface area contributed by atoms with Crippen LogP contribution in [-0.4, -0.2) is 56.1 Å². The molecule has 0 aromatic heterocycles. The van der Waals surface area contributed by atoms with Crippen molar-refractivity contribution >= 4 is 23.7 Å². The second kappa shape index (κ2) is 11.0. The van der Waals surface area contributed by atoms with E-state index in [4.69, 9.17) is 9.47 Å². The summed E-state index contributed by atoms with van der Waals surface area (Å²) in [4.78, 5) is 39.1. The average molecular weight is 493 g/mol. The van der Waals surface area contributed by atoms with Crippen LogP contribution in [0.3, 0.4) is 0 Å². The van der Waals surface area contributed by atoms with E-state index in [0.717, 1.165) is 18.7 Å². The molecule has 1 saturated heterocycles. The van der Waals surface area contributed by atoms with Crippen LogP contribution in [0.2, 0.25) is 0 Å². The van der Waals surface area contributed by atoms with E-state index in [1.807, 2.05) is 12.1 Å². The molecule has 0 saturated carbocycles. The smallest absolute Gasteiger partial charge is 0.251 e. The highest BCUT2D eigenvalue weighted by Gasteiger charge is 2.26. The fraction of sp³-hybridized carbons (Fsp3) is 0.222. The van der Waals surface area contributed by atoms with Crippen molar-refractivity contribution < 1.29 is 33.4 Å². The van der Waals surface area contributed by atoms with Crippen LogP contribution in [0.1, 0.15) is 43.1 Å². The van der Waals surface area contributed by atoms with Crippen LogP contribution in [0.5, 0.6) is 11.5 Å². The standard InChI is InChI=1S/C27H25FN2O6/c1-35-16-36-23-11-6-19(15-31)25(28)24(23)26(33)17-2-4-18(5-3-17)27(34)29-20-12-13-30(14-20)21-7-9-22(32)10-8-21/h2-11,15,20,32H,12-14,16H2,1H3,(H,29,34). The minimum atomic E-state index is -0.982. The molecule has 1 aliphatic heterocycles. The van der Waals surface area contributed by atoms with Crippen LogP contribution in [-0.2, 0) is 4.74 Å². The number of methoxy groups -OCH3 is 1. The number of carbonyl (C=O) groups is 3. The quantitative estimate of drug-likeness (QED) is 0.267. The zero-order valence-electron chi connectivity index (χ0n) is 19.6. The first-order valence-corrected chi connectivity index (χ1v) is 11.3. The Morgan fingerprint density at radius 1 is 1.08 bits per heavy atom. The summed E-state index contributed by atoms with van der Waals surface area (Å²) in [7, 11) is 1.39. The van der Waals surface area contributed by atoms with Crippen molar-refractivity contribution in [3.8, 4) is 11.5 Å². The van der Waals surface area contributed by atoms with Gasteiger partial charge in [0.1, 0.15) is 22.9 Å². The number of phenols is 1. The predicted molar refractivity (Wildman–Crippen MR) is 130 cm³/mol. The number of hydrogen-bond acceptors (Lipinski definition) is 7. The molecule has 0 bridgehead atoms. The molecule has 3 aromatic carbocycles. The van der Waals surface area contributed by atoms with Crippen molar-refractivity contribution in [2.24, 2.45) is 0 Å². The van der Waals surface area contributed by atoms with Gasteiger partial charge in [-0.15, -0.1) is 0 Å². The molecule has 9 heteroatoms. The van der Waals surface area contributed by atoms with Gasteiger partial charge in [-0.2, -0.15) is 0 Å². The maximum atomic E-state index is 14.9. The normalized spacial score (nSPS) is 14.9. The van der Waals surface area contributed by atoms with E-state index in [1.165, 1.54) is 43.5 Å². The second-order valence-corrected chi connectivity index (χ2v) is 8.34. The summed E-state index contributed by atoms with van der Waals surface area (Å²) in [5, 5.41) is 12.5. The number of ether oxygens (including phenoxy) is 2. The molecular weight excluding hydrogens is 467 g/mol. The number of amides is 1. The maximum Gasteiger partial charge on any atom is 0.251 e. The molecule has 1 heterocycles. The fourth-order valence-electron chi connectivity index (χ4n) is 4.08. The zero-order valence-corrected chi connectivity index (χ0v) is 19.6. The van der Waals surface area contributed by atoms with E-state index in [1.54, 1.807) is 12.1 Å². The molecule has 1 fully saturated rings. The van der Waals surface area contributed by atoms with Gasteiger partial charge in [0, 0.05) is 43.1 Å². The fourth-order valence-corrected chi connectivity index (χ4v) is 4.08. The van der Waals surface area contributed by atoms with Gasteiger partial charge in [-0.1, -0.05) is 12.1 Å². The number of rotatable bonds is 9. The zero-order chi connectivity index (χ0) is 25.7. The van der Waals surface area contributed by atoms with Crippen molar-refractivity contribution in [1.29, 1.82) is 0 Å². The summed E-state index contributed by atoms with van der Waals surface area (Å²) >= 11 is 0. The highest BCUT2D eigenvalue weighted by molar-refractivity contribution is 6.12. The summed E-state index contributed by atoms with van der Waals surface area (Å²) in [6.07, 6.45) is 1.09. The number of ketones is 1. The number of anilines is 1. The third kappa shape index (κ3) is 5.36. The number of aldehydes is 1. The molecule has 0 aliphatic carbocycles. The average Bonchev–Trinajstić information content (AvgIpc) is 3.36. The minimum absolute atomic E-state index is 0.0498. The molecule has 186 valence electrons. The molecule has 2 N–H and O–H groups in total. The summed E-state index contributed by atoms with van der Waals surface area (Å²) in [5.74, 6) is -1.81. The van der Waals surface area contributed by atoms with Gasteiger partial charge in [0.15, 0.2) is 18.9 Å². The van der Waals surface area contributed by atoms with Gasteiger partial charge in [-0.25, -0.2) is 4.39 Å². The molecule has 36 heavy (non-hydrogen) atoms. The van der Waals surface area contributed by atoms with Gasteiger partial charge in [-0.05, 0) is 55.0 Å². The molecule has 3 aromatic rings. The van der Waals surface area contributed by atoms with Crippen molar-refractivity contribution in [3.63, 3.8) is 0 Å². The molecule has 0 spiro atoms. The predicted octanol–water partition coefficient (Wildman–Crippen LogP) is 3.57. The van der Waals surface area contributed by atoms with Crippen molar-refractivity contribution in [3.05, 3.63) is 88.7 Å². The molecule has 4 rings (SSSR count). The van der Waals surface area contributed by atoms with Crippen LogP contribution >= 0.6 is 0 Å². The Bertz CT molecular complexity index is 1260. The van der Waals surface area contributed by atoms with Crippen LogP contribution < -0.4 is 15.0 Å². The number of nitrogens with zero attached hydrogens (tertiary/aromatic N) is 1. The number of hydrogen-bond donors (Lipinski definition) is 2. The summed E-state index contributed by atoms with van der Waals surface area (Å²) < 4.78 is 25.0. The van der Waals surface area contributed by atoms with Crippen molar-refractivity contribution in [2.75, 3.05) is 31.9 Å². The largest absolute Gasteiger partial charge is 0.508 e. The number of nitrogens with one attached hydrogen (secondary N) is 1. The van der Waals surface area contributed by atoms with E-state index < -0.39 is 11.6 Å². The summed E-state index contributed by atoms with van der Waals surface area (Å²) in [5.41, 5.74) is 0.807. The van der Waals surface area contributed by atoms with Crippen molar-refractivity contribution in [1.82, 2.24) is 5.32 Å². The van der Waals surface area contributed by atoms with E-state index in [2.05, 4.69) is 10.2 Å². The lowest BCUT2D eigenvalue weighted by Gasteiger charge is -2.19. The van der Waals surface area contributed by atoms with Gasteiger partial charge < -0.3 is 24.8 Å². The number of halogens is 1.